The molecule has 0 radical (unpaired) electrons. The molecule has 0 unspecified atom stereocenters. The predicted molar refractivity (Wildman–Crippen MR) is 126 cm³/mol. The minimum atomic E-state index is -4.58. The molecule has 33 heavy (non-hydrogen) atoms. The minimum absolute atomic E-state index is 0.162. The van der Waals surface area contributed by atoms with Crippen molar-refractivity contribution in [2.45, 2.75) is 37.3 Å². The van der Waals surface area contributed by atoms with Crippen molar-refractivity contribution in [3.8, 4) is 0 Å². The zero-order chi connectivity index (χ0) is 23.5. The fraction of sp³-hybridized carbons (Fsp3) is 0.500. The van der Waals surface area contributed by atoms with Crippen molar-refractivity contribution >= 4 is 40.7 Å². The van der Waals surface area contributed by atoms with Gasteiger partial charge in [0.05, 0.1) is 0 Å². The summed E-state index contributed by atoms with van der Waals surface area (Å²) in [6.07, 6.45) is -1.21. The van der Waals surface area contributed by atoms with Crippen molar-refractivity contribution in [3.05, 3.63) is 46.6 Å². The van der Waals surface area contributed by atoms with Gasteiger partial charge < -0.3 is 20.3 Å². The number of ether oxygens (including phenoxy) is 1. The Kier molecular flexibility index (Phi) is 7.25. The highest BCUT2D eigenvalue weighted by molar-refractivity contribution is 7.80. The van der Waals surface area contributed by atoms with Gasteiger partial charge in [-0.15, -0.1) is 0 Å². The number of halogens is 4. The Morgan fingerprint density at radius 1 is 1.15 bits per heavy atom. The summed E-state index contributed by atoms with van der Waals surface area (Å²) in [6, 6.07) is 8.67. The van der Waals surface area contributed by atoms with Crippen LogP contribution in [-0.2, 0) is 16.3 Å². The first-order valence-corrected chi connectivity index (χ1v) is 11.6. The van der Waals surface area contributed by atoms with Crippen LogP contribution < -0.4 is 15.5 Å². The van der Waals surface area contributed by atoms with Gasteiger partial charge in [0.15, 0.2) is 10.8 Å². The molecule has 2 fully saturated rings. The predicted octanol–water partition coefficient (Wildman–Crippen LogP) is 4.78. The Hall–Kier alpha value is -2.17. The zero-order valence-electron chi connectivity index (χ0n) is 17.9. The van der Waals surface area contributed by atoms with Gasteiger partial charge in [0.25, 0.3) is 0 Å². The number of nitrogens with zero attached hydrogens (tertiary/aromatic N) is 3. The van der Waals surface area contributed by atoms with E-state index in [2.05, 4.69) is 20.6 Å². The summed E-state index contributed by atoms with van der Waals surface area (Å²) in [5.41, 5.74) is -0.186. The SMILES string of the molecule is FC(F)(F)c1cc(N2CCCC2)nc(NC(=S)NCC2(c3cccc(Cl)c3)CCOCC2)n1. The number of aromatic nitrogens is 2. The summed E-state index contributed by atoms with van der Waals surface area (Å²) < 4.78 is 45.8. The molecule has 0 aliphatic carbocycles. The molecule has 178 valence electrons. The molecular weight excluding hydrogens is 475 g/mol. The molecule has 1 aromatic heterocycles. The van der Waals surface area contributed by atoms with Crippen molar-refractivity contribution in [2.24, 2.45) is 0 Å². The first kappa shape index (κ1) is 24.0. The second-order valence-electron chi connectivity index (χ2n) is 8.34. The summed E-state index contributed by atoms with van der Waals surface area (Å²) in [7, 11) is 0. The van der Waals surface area contributed by atoms with E-state index < -0.39 is 11.9 Å². The van der Waals surface area contributed by atoms with Crippen LogP contribution in [-0.4, -0.2) is 47.9 Å². The normalized spacial score (nSPS) is 18.2. The van der Waals surface area contributed by atoms with Crippen LogP contribution in [0.3, 0.4) is 0 Å². The molecule has 2 aliphatic rings. The fourth-order valence-electron chi connectivity index (χ4n) is 4.29. The van der Waals surface area contributed by atoms with Gasteiger partial charge in [-0.3, -0.25) is 0 Å². The second-order valence-corrected chi connectivity index (χ2v) is 9.18. The van der Waals surface area contributed by atoms with Gasteiger partial charge in [-0.25, -0.2) is 4.98 Å². The van der Waals surface area contributed by atoms with Crippen molar-refractivity contribution in [2.75, 3.05) is 43.1 Å². The molecule has 0 bridgehead atoms. The third kappa shape index (κ3) is 5.85. The van der Waals surface area contributed by atoms with E-state index in [0.29, 0.717) is 37.9 Å². The molecule has 2 aromatic rings. The number of alkyl halides is 3. The van der Waals surface area contributed by atoms with Crippen LogP contribution in [0, 0.1) is 0 Å². The monoisotopic (exact) mass is 499 g/mol. The van der Waals surface area contributed by atoms with Gasteiger partial charge in [-0.2, -0.15) is 18.2 Å². The van der Waals surface area contributed by atoms with Crippen molar-refractivity contribution in [1.29, 1.82) is 0 Å². The minimum Gasteiger partial charge on any atom is -0.381 e. The van der Waals surface area contributed by atoms with E-state index in [1.807, 2.05) is 29.2 Å². The lowest BCUT2D eigenvalue weighted by atomic mass is 9.74. The number of benzene rings is 1. The maximum atomic E-state index is 13.4. The van der Waals surface area contributed by atoms with E-state index in [1.165, 1.54) is 0 Å². The first-order chi connectivity index (χ1) is 15.7. The maximum absolute atomic E-state index is 13.4. The molecule has 0 atom stereocenters. The van der Waals surface area contributed by atoms with Gasteiger partial charge in [0.2, 0.25) is 5.95 Å². The van der Waals surface area contributed by atoms with E-state index in [-0.39, 0.29) is 22.3 Å². The molecule has 4 rings (SSSR count). The molecule has 1 aromatic carbocycles. The summed E-state index contributed by atoms with van der Waals surface area (Å²) in [5, 5.41) is 6.71. The fourth-order valence-corrected chi connectivity index (χ4v) is 4.64. The van der Waals surface area contributed by atoms with Gasteiger partial charge in [-0.1, -0.05) is 23.7 Å². The quantitative estimate of drug-likeness (QED) is 0.574. The van der Waals surface area contributed by atoms with E-state index in [0.717, 1.165) is 37.3 Å². The van der Waals surface area contributed by atoms with E-state index in [1.54, 1.807) is 0 Å². The van der Waals surface area contributed by atoms with Gasteiger partial charge in [0, 0.05) is 49.4 Å². The van der Waals surface area contributed by atoms with Crippen molar-refractivity contribution < 1.29 is 17.9 Å². The Morgan fingerprint density at radius 3 is 2.55 bits per heavy atom. The Balaban J connectivity index is 1.50. The Morgan fingerprint density at radius 2 is 1.88 bits per heavy atom. The Labute approximate surface area is 200 Å². The van der Waals surface area contributed by atoms with Gasteiger partial charge in [-0.05, 0) is 55.6 Å². The Bertz CT molecular complexity index is 994. The molecule has 3 heterocycles. The van der Waals surface area contributed by atoms with Gasteiger partial charge in [0.1, 0.15) is 5.82 Å². The number of hydrogen-bond acceptors (Lipinski definition) is 5. The largest absolute Gasteiger partial charge is 0.433 e. The van der Waals surface area contributed by atoms with Crippen LogP contribution in [0.1, 0.15) is 36.9 Å². The van der Waals surface area contributed by atoms with E-state index in [4.69, 9.17) is 28.6 Å². The molecular formula is C22H25ClF3N5OS. The van der Waals surface area contributed by atoms with Crippen LogP contribution in [0.5, 0.6) is 0 Å². The summed E-state index contributed by atoms with van der Waals surface area (Å²) in [4.78, 5) is 9.78. The average molecular weight is 500 g/mol. The summed E-state index contributed by atoms with van der Waals surface area (Å²) >= 11 is 11.6. The summed E-state index contributed by atoms with van der Waals surface area (Å²) in [5.74, 6) is 0.0768. The number of thiocarbonyl (C=S) groups is 1. The lowest BCUT2D eigenvalue weighted by Crippen LogP contribution is -2.45. The highest BCUT2D eigenvalue weighted by Crippen LogP contribution is 2.35. The lowest BCUT2D eigenvalue weighted by Gasteiger charge is -2.38. The third-order valence-electron chi connectivity index (χ3n) is 6.13. The molecule has 0 amide bonds. The lowest BCUT2D eigenvalue weighted by molar-refractivity contribution is -0.141. The highest BCUT2D eigenvalue weighted by Gasteiger charge is 2.36. The molecule has 0 spiro atoms. The molecule has 11 heteroatoms. The number of hydrogen-bond donors (Lipinski definition) is 2. The first-order valence-electron chi connectivity index (χ1n) is 10.9. The molecule has 2 N–H and O–H groups in total. The van der Waals surface area contributed by atoms with Crippen LogP contribution in [0.2, 0.25) is 5.02 Å². The maximum Gasteiger partial charge on any atom is 0.433 e. The van der Waals surface area contributed by atoms with Crippen LogP contribution >= 0.6 is 23.8 Å². The highest BCUT2D eigenvalue weighted by atomic mass is 35.5. The molecule has 2 aliphatic heterocycles. The smallest absolute Gasteiger partial charge is 0.381 e. The van der Waals surface area contributed by atoms with Crippen molar-refractivity contribution in [3.63, 3.8) is 0 Å². The van der Waals surface area contributed by atoms with Crippen LogP contribution in [0.25, 0.3) is 0 Å². The second kappa shape index (κ2) is 9.99. The molecule has 0 saturated carbocycles. The van der Waals surface area contributed by atoms with Crippen molar-refractivity contribution in [1.82, 2.24) is 15.3 Å². The number of nitrogens with one attached hydrogen (secondary N) is 2. The van der Waals surface area contributed by atoms with E-state index in [9.17, 15) is 13.2 Å². The summed E-state index contributed by atoms with van der Waals surface area (Å²) in [6.45, 7) is 3.01. The topological polar surface area (TPSA) is 62.3 Å². The van der Waals surface area contributed by atoms with Crippen LogP contribution in [0.4, 0.5) is 24.9 Å². The van der Waals surface area contributed by atoms with Crippen LogP contribution in [0.15, 0.2) is 30.3 Å². The molecule has 6 nitrogen and oxygen atoms in total. The average Bonchev–Trinajstić information content (AvgIpc) is 3.33. The molecule has 2 saturated heterocycles. The third-order valence-corrected chi connectivity index (χ3v) is 6.61. The van der Waals surface area contributed by atoms with Gasteiger partial charge >= 0.3 is 6.18 Å². The zero-order valence-corrected chi connectivity index (χ0v) is 19.5. The number of rotatable bonds is 5. The van der Waals surface area contributed by atoms with E-state index >= 15 is 0 Å². The number of anilines is 2. The standard InChI is InChI=1S/C22H25ClF3N5OS/c23-16-5-3-4-15(12-16)21(6-10-32-11-7-21)14-27-20(33)30-19-28-17(22(24,25)26)13-18(29-19)31-8-1-2-9-31/h3-5,12-13H,1-2,6-11,14H2,(H2,27,28,29,30,33).